The van der Waals surface area contributed by atoms with Crippen molar-refractivity contribution in [1.29, 1.82) is 0 Å². The molecular weight excluding hydrogens is 450 g/mol. The molecule has 9 nitrogen and oxygen atoms in total. The highest BCUT2D eigenvalue weighted by atomic mass is 16.6. The molecule has 0 heterocycles. The van der Waals surface area contributed by atoms with Gasteiger partial charge >= 0.3 is 18.2 Å². The first kappa shape index (κ1) is 23.8. The van der Waals surface area contributed by atoms with Crippen LogP contribution in [0.5, 0.6) is 0 Å². The third-order valence-corrected chi connectivity index (χ3v) is 5.75. The fourth-order valence-corrected chi connectivity index (χ4v) is 4.04. The number of hydrogen-bond donors (Lipinski definition) is 3. The summed E-state index contributed by atoms with van der Waals surface area (Å²) in [7, 11) is 0. The lowest BCUT2D eigenvalue weighted by atomic mass is 9.98. The number of carboxylic acid groups (broad SMARTS) is 1. The maximum atomic E-state index is 12.4. The quantitative estimate of drug-likeness (QED) is 0.258. The molecule has 2 amide bonds. The van der Waals surface area contributed by atoms with Crippen molar-refractivity contribution >= 4 is 18.2 Å². The third-order valence-electron chi connectivity index (χ3n) is 5.75. The second-order valence-electron chi connectivity index (χ2n) is 8.05. The molecule has 1 unspecified atom stereocenters. The Hall–Kier alpha value is -4.37. The van der Waals surface area contributed by atoms with E-state index < -0.39 is 30.7 Å². The van der Waals surface area contributed by atoms with E-state index in [-0.39, 0.29) is 19.1 Å². The Morgan fingerprint density at radius 1 is 0.886 bits per heavy atom. The second kappa shape index (κ2) is 10.7. The molecule has 0 fully saturated rings. The number of nitrogens with two attached hydrogens (primary N) is 1. The first-order valence-electron chi connectivity index (χ1n) is 11.0. The maximum Gasteiger partial charge on any atom is 0.424 e. The number of fused-ring (bicyclic) bond motifs is 3. The molecule has 0 radical (unpaired) electrons. The summed E-state index contributed by atoms with van der Waals surface area (Å²) in [6.07, 6.45) is -1.85. The predicted octanol–water partition coefficient (Wildman–Crippen LogP) is 3.49. The highest BCUT2D eigenvalue weighted by Gasteiger charge is 2.30. The number of nitrogens with one attached hydrogen (secondary N) is 1. The zero-order valence-corrected chi connectivity index (χ0v) is 18.8. The van der Waals surface area contributed by atoms with E-state index in [4.69, 9.17) is 15.3 Å². The lowest BCUT2D eigenvalue weighted by Gasteiger charge is -2.22. The van der Waals surface area contributed by atoms with E-state index in [1.807, 2.05) is 54.6 Å². The Labute approximate surface area is 202 Å². The molecule has 1 atom stereocenters. The van der Waals surface area contributed by atoms with Gasteiger partial charge in [-0.2, -0.15) is 0 Å². The van der Waals surface area contributed by atoms with Crippen molar-refractivity contribution in [3.63, 3.8) is 0 Å². The van der Waals surface area contributed by atoms with Gasteiger partial charge in [0.15, 0.2) is 0 Å². The molecule has 0 spiro atoms. The number of nitrogens with zero attached hydrogens (tertiary/aromatic N) is 1. The lowest BCUT2D eigenvalue weighted by molar-refractivity contribution is -0.139. The SMILES string of the molecule is NN(CC(NC(=O)OCC1c2ccccc2-c2ccccc21)C(=O)O)C(=O)OCc1ccccc1. The van der Waals surface area contributed by atoms with Gasteiger partial charge in [-0.15, -0.1) is 0 Å². The summed E-state index contributed by atoms with van der Waals surface area (Å²) >= 11 is 0. The third kappa shape index (κ3) is 5.59. The standard InChI is InChI=1S/C26H25N3O6/c27-29(26(33)35-15-17-8-2-1-3-9-17)14-23(24(30)31)28-25(32)34-16-22-20-12-6-4-10-18(20)19-11-5-7-13-21(19)22/h1-13,22-23H,14-16,27H2,(H,28,32)(H,30,31). The first-order valence-corrected chi connectivity index (χ1v) is 11.0. The van der Waals surface area contributed by atoms with Gasteiger partial charge in [-0.25, -0.2) is 25.2 Å². The van der Waals surface area contributed by atoms with Gasteiger partial charge in [-0.05, 0) is 27.8 Å². The smallest absolute Gasteiger partial charge is 0.424 e. The summed E-state index contributed by atoms with van der Waals surface area (Å²) in [5.41, 5.74) is 4.97. The van der Waals surface area contributed by atoms with E-state index in [0.29, 0.717) is 5.01 Å². The van der Waals surface area contributed by atoms with Crippen LogP contribution >= 0.6 is 0 Å². The molecule has 180 valence electrons. The molecule has 3 aromatic carbocycles. The Kier molecular flexibility index (Phi) is 7.27. The number of rotatable bonds is 8. The zero-order valence-electron chi connectivity index (χ0n) is 18.8. The summed E-state index contributed by atoms with van der Waals surface area (Å²) in [6.45, 7) is -0.504. The second-order valence-corrected chi connectivity index (χ2v) is 8.05. The fourth-order valence-electron chi connectivity index (χ4n) is 4.04. The van der Waals surface area contributed by atoms with Crippen LogP contribution in [-0.2, 0) is 20.9 Å². The van der Waals surface area contributed by atoms with Crippen LogP contribution < -0.4 is 11.2 Å². The predicted molar refractivity (Wildman–Crippen MR) is 127 cm³/mol. The van der Waals surface area contributed by atoms with Crippen LogP contribution in [0.25, 0.3) is 11.1 Å². The first-order chi connectivity index (χ1) is 16.9. The molecule has 0 aromatic heterocycles. The van der Waals surface area contributed by atoms with Crippen molar-refractivity contribution in [3.05, 3.63) is 95.6 Å². The lowest BCUT2D eigenvalue weighted by Crippen LogP contribution is -2.52. The largest absolute Gasteiger partial charge is 0.480 e. The van der Waals surface area contributed by atoms with Gasteiger partial charge in [0.1, 0.15) is 19.3 Å². The molecule has 0 saturated carbocycles. The zero-order chi connectivity index (χ0) is 24.8. The minimum Gasteiger partial charge on any atom is -0.480 e. The number of carbonyl (C=O) groups excluding carboxylic acids is 2. The Bertz CT molecular complexity index is 1170. The van der Waals surface area contributed by atoms with Crippen LogP contribution in [0.4, 0.5) is 9.59 Å². The minimum absolute atomic E-state index is 0.0229. The molecule has 0 saturated heterocycles. The normalized spacial score (nSPS) is 12.7. The summed E-state index contributed by atoms with van der Waals surface area (Å²) in [5, 5.41) is 12.4. The minimum atomic E-state index is -1.49. The molecular formula is C26H25N3O6. The molecule has 1 aliphatic carbocycles. The van der Waals surface area contributed by atoms with Crippen LogP contribution in [0.15, 0.2) is 78.9 Å². The van der Waals surface area contributed by atoms with Crippen molar-refractivity contribution in [2.45, 2.75) is 18.6 Å². The number of carbonyl (C=O) groups is 3. The number of hydrazine groups is 1. The van der Waals surface area contributed by atoms with Crippen LogP contribution in [0.1, 0.15) is 22.6 Å². The molecule has 1 aliphatic rings. The number of benzene rings is 3. The number of alkyl carbamates (subject to hydrolysis) is 1. The van der Waals surface area contributed by atoms with Crippen molar-refractivity contribution in [2.24, 2.45) is 5.84 Å². The molecule has 0 bridgehead atoms. The molecule has 3 aromatic rings. The van der Waals surface area contributed by atoms with Gasteiger partial charge < -0.3 is 19.9 Å². The molecule has 4 N–H and O–H groups in total. The van der Waals surface area contributed by atoms with Crippen LogP contribution in [0.2, 0.25) is 0 Å². The fraction of sp³-hybridized carbons (Fsp3) is 0.192. The maximum absolute atomic E-state index is 12.4. The Morgan fingerprint density at radius 2 is 1.46 bits per heavy atom. The van der Waals surface area contributed by atoms with E-state index in [1.54, 1.807) is 24.3 Å². The number of amides is 2. The van der Waals surface area contributed by atoms with Crippen molar-refractivity contribution in [3.8, 4) is 11.1 Å². The topological polar surface area (TPSA) is 131 Å². The van der Waals surface area contributed by atoms with E-state index in [0.717, 1.165) is 27.8 Å². The van der Waals surface area contributed by atoms with E-state index in [9.17, 15) is 19.5 Å². The van der Waals surface area contributed by atoms with Crippen LogP contribution in [-0.4, -0.2) is 47.5 Å². The van der Waals surface area contributed by atoms with Gasteiger partial charge in [0.05, 0.1) is 6.54 Å². The highest BCUT2D eigenvalue weighted by Crippen LogP contribution is 2.44. The number of carboxylic acids is 1. The Morgan fingerprint density at radius 3 is 2.06 bits per heavy atom. The summed E-state index contributed by atoms with van der Waals surface area (Å²) in [4.78, 5) is 36.2. The van der Waals surface area contributed by atoms with Crippen molar-refractivity contribution < 1.29 is 29.0 Å². The van der Waals surface area contributed by atoms with E-state index >= 15 is 0 Å². The molecule has 0 aliphatic heterocycles. The molecule has 35 heavy (non-hydrogen) atoms. The van der Waals surface area contributed by atoms with E-state index in [1.165, 1.54) is 0 Å². The average Bonchev–Trinajstić information content (AvgIpc) is 3.19. The van der Waals surface area contributed by atoms with Crippen molar-refractivity contribution in [2.75, 3.05) is 13.2 Å². The summed E-state index contributed by atoms with van der Waals surface area (Å²) in [6, 6.07) is 23.2. The number of ether oxygens (including phenoxy) is 2. The van der Waals surface area contributed by atoms with Gasteiger partial charge in [0.2, 0.25) is 0 Å². The monoisotopic (exact) mass is 475 g/mol. The van der Waals surface area contributed by atoms with Crippen molar-refractivity contribution in [1.82, 2.24) is 10.3 Å². The summed E-state index contributed by atoms with van der Waals surface area (Å²) in [5.74, 6) is 4.14. The van der Waals surface area contributed by atoms with Crippen LogP contribution in [0.3, 0.4) is 0 Å². The van der Waals surface area contributed by atoms with Crippen LogP contribution in [0, 0.1) is 0 Å². The Balaban J connectivity index is 1.32. The number of hydrogen-bond acceptors (Lipinski definition) is 6. The van der Waals surface area contributed by atoms with Gasteiger partial charge in [0, 0.05) is 5.92 Å². The van der Waals surface area contributed by atoms with Gasteiger partial charge in [-0.1, -0.05) is 78.9 Å². The average molecular weight is 476 g/mol. The van der Waals surface area contributed by atoms with E-state index in [2.05, 4.69) is 5.32 Å². The molecule has 4 rings (SSSR count). The molecule has 9 heteroatoms. The van der Waals surface area contributed by atoms with Gasteiger partial charge in [-0.3, -0.25) is 0 Å². The highest BCUT2D eigenvalue weighted by molar-refractivity contribution is 5.81. The summed E-state index contributed by atoms with van der Waals surface area (Å²) < 4.78 is 10.5. The van der Waals surface area contributed by atoms with Gasteiger partial charge in [0.25, 0.3) is 0 Å². The number of aliphatic carboxylic acids is 1.